The molecule has 36 heavy (non-hydrogen) atoms. The maximum Gasteiger partial charge on any atom is 0.268 e. The van der Waals surface area contributed by atoms with Gasteiger partial charge in [-0.25, -0.2) is 8.42 Å². The smallest absolute Gasteiger partial charge is 0.268 e. The largest absolute Gasteiger partial charge is 0.347 e. The molecule has 0 bridgehead atoms. The minimum atomic E-state index is -3.82. The Kier molecular flexibility index (Phi) is 6.12. The number of hydrogen-bond donors (Lipinski definition) is 2. The van der Waals surface area contributed by atoms with Gasteiger partial charge >= 0.3 is 0 Å². The fourth-order valence-electron chi connectivity index (χ4n) is 4.67. The molecule has 4 aromatic rings. The van der Waals surface area contributed by atoms with E-state index in [1.807, 2.05) is 12.1 Å². The lowest BCUT2D eigenvalue weighted by Gasteiger charge is -2.17. The number of amides is 1. The summed E-state index contributed by atoms with van der Waals surface area (Å²) in [5.74, 6) is -0.294. The van der Waals surface area contributed by atoms with Crippen molar-refractivity contribution >= 4 is 26.6 Å². The van der Waals surface area contributed by atoms with Crippen molar-refractivity contribution in [3.05, 3.63) is 77.2 Å². The molecule has 1 amide bonds. The number of carbonyl (C=O) groups is 1. The van der Waals surface area contributed by atoms with Crippen LogP contribution >= 0.6 is 0 Å². The third-order valence-corrected chi connectivity index (χ3v) is 8.70. The van der Waals surface area contributed by atoms with Gasteiger partial charge in [-0.2, -0.15) is 10.4 Å². The zero-order valence-electron chi connectivity index (χ0n) is 20.0. The fourth-order valence-corrected chi connectivity index (χ4v) is 6.25. The van der Waals surface area contributed by atoms with Crippen molar-refractivity contribution in [2.24, 2.45) is 7.05 Å². The third-order valence-electron chi connectivity index (χ3n) is 6.83. The first-order chi connectivity index (χ1) is 17.3. The maximum atomic E-state index is 13.4. The monoisotopic (exact) mass is 502 g/mol. The van der Waals surface area contributed by atoms with E-state index in [-0.39, 0.29) is 21.7 Å². The molecule has 10 heteroatoms. The number of nitrogens with one attached hydrogen (secondary N) is 2. The summed E-state index contributed by atoms with van der Waals surface area (Å²) in [4.78, 5) is 15.7. The zero-order chi connectivity index (χ0) is 25.4. The summed E-state index contributed by atoms with van der Waals surface area (Å²) < 4.78 is 28.4. The maximum absolute atomic E-state index is 13.4. The highest BCUT2D eigenvalue weighted by Gasteiger charge is 2.29. The number of H-pyrrole nitrogens is 1. The molecule has 2 aromatic carbocycles. The van der Waals surface area contributed by atoms with Crippen LogP contribution in [0.2, 0.25) is 0 Å². The van der Waals surface area contributed by atoms with Gasteiger partial charge in [0.25, 0.3) is 5.91 Å². The molecule has 5 rings (SSSR count). The van der Waals surface area contributed by atoms with E-state index in [0.29, 0.717) is 28.9 Å². The standard InChI is InChI=1S/C26H26N6O3S/c1-17-25(36(34,35)22-7-8-23-20(11-22)14-28-30-23)12-24(31(17)2)26(33)29-21-9-10-32(16-21)15-19-5-3-18(13-27)4-6-19/h3-8,11-12,14,21H,9-10,15-16H2,1-2H3,(H,28,30)(H,29,33)/t21-/m1/s1. The molecule has 1 atom stereocenters. The van der Waals surface area contributed by atoms with Crippen molar-refractivity contribution < 1.29 is 13.2 Å². The highest BCUT2D eigenvalue weighted by molar-refractivity contribution is 7.91. The van der Waals surface area contributed by atoms with Crippen LogP contribution in [0.1, 0.15) is 33.7 Å². The van der Waals surface area contributed by atoms with Crippen molar-refractivity contribution in [3.8, 4) is 6.07 Å². The molecule has 0 radical (unpaired) electrons. The lowest BCUT2D eigenvalue weighted by Crippen LogP contribution is -2.37. The van der Waals surface area contributed by atoms with Gasteiger partial charge in [0.1, 0.15) is 5.69 Å². The lowest BCUT2D eigenvalue weighted by molar-refractivity contribution is 0.0929. The predicted molar refractivity (Wildman–Crippen MR) is 134 cm³/mol. The van der Waals surface area contributed by atoms with Crippen LogP contribution in [-0.2, 0) is 23.4 Å². The molecule has 0 unspecified atom stereocenters. The van der Waals surface area contributed by atoms with Gasteiger partial charge in [0, 0.05) is 43.8 Å². The normalized spacial score (nSPS) is 16.3. The second kappa shape index (κ2) is 9.26. The van der Waals surface area contributed by atoms with Gasteiger partial charge in [-0.05, 0) is 55.3 Å². The molecule has 184 valence electrons. The Balaban J connectivity index is 1.29. The average molecular weight is 503 g/mol. The van der Waals surface area contributed by atoms with E-state index in [2.05, 4.69) is 26.5 Å². The lowest BCUT2D eigenvalue weighted by atomic mass is 10.1. The molecule has 1 fully saturated rings. The predicted octanol–water partition coefficient (Wildman–Crippen LogP) is 2.92. The van der Waals surface area contributed by atoms with E-state index in [1.165, 1.54) is 6.07 Å². The molecule has 0 aliphatic carbocycles. The summed E-state index contributed by atoms with van der Waals surface area (Å²) in [6, 6.07) is 15.9. The molecular formula is C26H26N6O3S. The number of fused-ring (bicyclic) bond motifs is 1. The van der Waals surface area contributed by atoms with Crippen LogP contribution in [0.5, 0.6) is 0 Å². The van der Waals surface area contributed by atoms with Gasteiger partial charge in [0.05, 0.1) is 33.1 Å². The van der Waals surface area contributed by atoms with Crippen LogP contribution < -0.4 is 5.32 Å². The SMILES string of the molecule is Cc1c(S(=O)(=O)c2ccc3[nH]ncc3c2)cc(C(=O)N[C@@H]2CCN(Cc3ccc(C#N)cc3)C2)n1C. The summed E-state index contributed by atoms with van der Waals surface area (Å²) in [5.41, 5.74) is 3.31. The molecule has 1 aliphatic heterocycles. The first-order valence-electron chi connectivity index (χ1n) is 11.6. The first kappa shape index (κ1) is 23.8. The van der Waals surface area contributed by atoms with E-state index in [1.54, 1.807) is 55.1 Å². The quantitative estimate of drug-likeness (QED) is 0.418. The fraction of sp³-hybridized carbons (Fsp3) is 0.269. The highest BCUT2D eigenvalue weighted by atomic mass is 32.2. The molecule has 9 nitrogen and oxygen atoms in total. The Morgan fingerprint density at radius 3 is 2.75 bits per heavy atom. The number of benzene rings is 2. The topological polar surface area (TPSA) is 124 Å². The Hall–Kier alpha value is -3.94. The number of rotatable bonds is 6. The van der Waals surface area contributed by atoms with Crippen LogP contribution in [0.3, 0.4) is 0 Å². The third kappa shape index (κ3) is 4.39. The van der Waals surface area contributed by atoms with Crippen molar-refractivity contribution in [1.29, 1.82) is 5.26 Å². The summed E-state index contributed by atoms with van der Waals surface area (Å²) in [7, 11) is -2.12. The molecule has 3 heterocycles. The minimum absolute atomic E-state index is 0.0327. The molecule has 2 N–H and O–H groups in total. The summed E-state index contributed by atoms with van der Waals surface area (Å²) in [6.45, 7) is 3.98. The van der Waals surface area contributed by atoms with Crippen molar-refractivity contribution in [2.45, 2.75) is 35.7 Å². The van der Waals surface area contributed by atoms with Crippen molar-refractivity contribution in [1.82, 2.24) is 25.0 Å². The number of carbonyl (C=O) groups excluding carboxylic acids is 1. The number of aromatic amines is 1. The van der Waals surface area contributed by atoms with Gasteiger partial charge in [-0.1, -0.05) is 12.1 Å². The van der Waals surface area contributed by atoms with E-state index < -0.39 is 9.84 Å². The summed E-state index contributed by atoms with van der Waals surface area (Å²) in [5, 5.41) is 19.5. The number of aromatic nitrogens is 3. The van der Waals surface area contributed by atoms with Gasteiger partial charge in [0.15, 0.2) is 0 Å². The van der Waals surface area contributed by atoms with E-state index >= 15 is 0 Å². The Morgan fingerprint density at radius 2 is 2.00 bits per heavy atom. The molecule has 2 aromatic heterocycles. The number of nitriles is 1. The highest BCUT2D eigenvalue weighted by Crippen LogP contribution is 2.28. The molecule has 1 aliphatic rings. The minimum Gasteiger partial charge on any atom is -0.347 e. The second-order valence-electron chi connectivity index (χ2n) is 9.16. The molecular weight excluding hydrogens is 476 g/mol. The number of sulfone groups is 1. The average Bonchev–Trinajstić information content (AvgIpc) is 3.59. The van der Waals surface area contributed by atoms with Crippen LogP contribution in [0.4, 0.5) is 0 Å². The Labute approximate surface area is 209 Å². The number of hydrogen-bond acceptors (Lipinski definition) is 6. The van der Waals surface area contributed by atoms with E-state index in [4.69, 9.17) is 5.26 Å². The summed E-state index contributed by atoms with van der Waals surface area (Å²) >= 11 is 0. The van der Waals surface area contributed by atoms with Crippen LogP contribution in [0.25, 0.3) is 10.9 Å². The van der Waals surface area contributed by atoms with Crippen molar-refractivity contribution in [2.75, 3.05) is 13.1 Å². The molecule has 0 spiro atoms. The van der Waals surface area contributed by atoms with Crippen LogP contribution in [0.15, 0.2) is 64.5 Å². The summed E-state index contributed by atoms with van der Waals surface area (Å²) in [6.07, 6.45) is 2.39. The van der Waals surface area contributed by atoms with Gasteiger partial charge in [-0.3, -0.25) is 14.8 Å². The molecule has 1 saturated heterocycles. The van der Waals surface area contributed by atoms with E-state index in [9.17, 15) is 13.2 Å². The van der Waals surface area contributed by atoms with E-state index in [0.717, 1.165) is 30.6 Å². The number of likely N-dealkylation sites (tertiary alicyclic amines) is 1. The molecule has 0 saturated carbocycles. The van der Waals surface area contributed by atoms with Gasteiger partial charge < -0.3 is 9.88 Å². The second-order valence-corrected chi connectivity index (χ2v) is 11.1. The Bertz CT molecular complexity index is 1590. The van der Waals surface area contributed by atoms with Gasteiger partial charge in [-0.15, -0.1) is 0 Å². The van der Waals surface area contributed by atoms with Crippen LogP contribution in [-0.4, -0.2) is 53.1 Å². The number of nitrogens with zero attached hydrogens (tertiary/aromatic N) is 4. The van der Waals surface area contributed by atoms with Crippen molar-refractivity contribution in [3.63, 3.8) is 0 Å². The first-order valence-corrected chi connectivity index (χ1v) is 13.1. The zero-order valence-corrected chi connectivity index (χ0v) is 20.8. The Morgan fingerprint density at radius 1 is 1.22 bits per heavy atom. The van der Waals surface area contributed by atoms with Gasteiger partial charge in [0.2, 0.25) is 9.84 Å². The van der Waals surface area contributed by atoms with Crippen LogP contribution in [0, 0.1) is 18.3 Å².